The Hall–Kier alpha value is -4.58. The molecule has 42 heavy (non-hydrogen) atoms. The molecule has 2 aliphatic heterocycles. The minimum Gasteiger partial charge on any atom is -0.493 e. The molecule has 0 spiro atoms. The molecule has 6 heteroatoms. The van der Waals surface area contributed by atoms with Crippen LogP contribution in [-0.4, -0.2) is 31.1 Å². The third-order valence-corrected chi connectivity index (χ3v) is 8.42. The van der Waals surface area contributed by atoms with E-state index < -0.39 is 0 Å². The molecule has 6 nitrogen and oxygen atoms in total. The highest BCUT2D eigenvalue weighted by Crippen LogP contribution is 2.44. The minimum absolute atomic E-state index is 0.0900. The molecule has 2 heterocycles. The number of carbonyl (C=O) groups is 2. The normalized spacial score (nSPS) is 18.6. The van der Waals surface area contributed by atoms with Crippen LogP contribution in [0.15, 0.2) is 91.0 Å². The van der Waals surface area contributed by atoms with Gasteiger partial charge in [0.15, 0.2) is 0 Å². The fourth-order valence-electron chi connectivity index (χ4n) is 6.13. The molecule has 4 aromatic rings. The third kappa shape index (κ3) is 5.37. The summed E-state index contributed by atoms with van der Waals surface area (Å²) in [5.41, 5.74) is 6.54. The van der Waals surface area contributed by atoms with Crippen molar-refractivity contribution < 1.29 is 23.8 Å². The molecule has 2 aliphatic rings. The summed E-state index contributed by atoms with van der Waals surface area (Å²) in [6, 6.07) is 29.1. The van der Waals surface area contributed by atoms with Gasteiger partial charge in [-0.3, -0.25) is 9.59 Å². The van der Waals surface area contributed by atoms with Crippen molar-refractivity contribution in [1.29, 1.82) is 0 Å². The Morgan fingerprint density at radius 2 is 1.64 bits per heavy atom. The first-order valence-electron chi connectivity index (χ1n) is 14.5. The first kappa shape index (κ1) is 27.6. The van der Waals surface area contributed by atoms with Crippen molar-refractivity contribution in [3.05, 3.63) is 124 Å². The standard InChI is InChI=1S/C36H35NO5/c1-23-10-9-14-30-27(22-42-35(23)30)21-40-28-16-17-29(24(2)18-28)36(39)37-25(3)32(31-13-7-8-15-33(31)37)19-34(38)41-20-26-11-5-4-6-12-26/h4-18,25,27,32H,19-22H2,1-3H3/t25?,27-,32?/m1/s1. The third-order valence-electron chi connectivity index (χ3n) is 8.42. The summed E-state index contributed by atoms with van der Waals surface area (Å²) >= 11 is 0. The predicted octanol–water partition coefficient (Wildman–Crippen LogP) is 7.12. The van der Waals surface area contributed by atoms with Crippen LogP contribution in [0.3, 0.4) is 0 Å². The average molecular weight is 562 g/mol. The van der Waals surface area contributed by atoms with E-state index in [1.54, 1.807) is 0 Å². The number of ether oxygens (including phenoxy) is 3. The molecule has 0 saturated heterocycles. The number of nitrogens with zero attached hydrogens (tertiary/aromatic N) is 1. The van der Waals surface area contributed by atoms with Gasteiger partial charge in [-0.1, -0.05) is 66.7 Å². The lowest BCUT2D eigenvalue weighted by atomic mass is 9.92. The van der Waals surface area contributed by atoms with Gasteiger partial charge in [0.25, 0.3) is 5.91 Å². The van der Waals surface area contributed by atoms with E-state index >= 15 is 0 Å². The number of fused-ring (bicyclic) bond motifs is 2. The van der Waals surface area contributed by atoms with E-state index in [9.17, 15) is 9.59 Å². The fraction of sp³-hybridized carbons (Fsp3) is 0.278. The molecule has 0 bridgehead atoms. The SMILES string of the molecule is Cc1cc(OC[C@@H]2COc3c(C)cccc32)ccc1C(=O)N1c2ccccc2C(CC(=O)OCc2ccccc2)C1C. The maximum atomic E-state index is 14.0. The maximum absolute atomic E-state index is 14.0. The first-order chi connectivity index (χ1) is 20.4. The van der Waals surface area contributed by atoms with E-state index in [0.717, 1.165) is 39.4 Å². The zero-order valence-electron chi connectivity index (χ0n) is 24.2. The Morgan fingerprint density at radius 1 is 0.881 bits per heavy atom. The van der Waals surface area contributed by atoms with E-state index in [1.165, 1.54) is 5.56 Å². The van der Waals surface area contributed by atoms with Gasteiger partial charge in [0.2, 0.25) is 0 Å². The number of carbonyl (C=O) groups excluding carboxylic acids is 2. The lowest BCUT2D eigenvalue weighted by Crippen LogP contribution is -2.38. The number of anilines is 1. The molecule has 0 aliphatic carbocycles. The number of aryl methyl sites for hydroxylation is 2. The number of hydrogen-bond acceptors (Lipinski definition) is 5. The van der Waals surface area contributed by atoms with Crippen LogP contribution in [0.4, 0.5) is 5.69 Å². The first-order valence-corrected chi connectivity index (χ1v) is 14.5. The number of hydrogen-bond donors (Lipinski definition) is 0. The second-order valence-electron chi connectivity index (χ2n) is 11.2. The largest absolute Gasteiger partial charge is 0.493 e. The van der Waals surface area contributed by atoms with E-state index in [2.05, 4.69) is 25.1 Å². The Labute approximate surface area is 246 Å². The van der Waals surface area contributed by atoms with Crippen LogP contribution in [-0.2, 0) is 16.1 Å². The number of esters is 1. The minimum atomic E-state index is -0.275. The maximum Gasteiger partial charge on any atom is 0.306 e. The molecular weight excluding hydrogens is 526 g/mol. The van der Waals surface area contributed by atoms with Crippen molar-refractivity contribution in [2.45, 2.75) is 51.7 Å². The zero-order chi connectivity index (χ0) is 29.2. The summed E-state index contributed by atoms with van der Waals surface area (Å²) in [4.78, 5) is 28.7. The predicted molar refractivity (Wildman–Crippen MR) is 162 cm³/mol. The van der Waals surface area contributed by atoms with Gasteiger partial charge in [-0.05, 0) is 67.3 Å². The summed E-state index contributed by atoms with van der Waals surface area (Å²) in [5.74, 6) is 1.33. The highest BCUT2D eigenvalue weighted by molar-refractivity contribution is 6.09. The monoisotopic (exact) mass is 561 g/mol. The lowest BCUT2D eigenvalue weighted by Gasteiger charge is -2.26. The van der Waals surface area contributed by atoms with E-state index in [0.29, 0.717) is 18.8 Å². The molecule has 0 fully saturated rings. The van der Waals surface area contributed by atoms with Gasteiger partial charge in [-0.2, -0.15) is 0 Å². The van der Waals surface area contributed by atoms with Gasteiger partial charge in [0.1, 0.15) is 18.1 Å². The summed E-state index contributed by atoms with van der Waals surface area (Å²) in [6.45, 7) is 7.33. The van der Waals surface area contributed by atoms with Crippen LogP contribution in [0, 0.1) is 13.8 Å². The Bertz CT molecular complexity index is 1610. The molecule has 6 rings (SSSR count). The number of para-hydroxylation sites is 2. The van der Waals surface area contributed by atoms with Gasteiger partial charge in [0, 0.05) is 28.8 Å². The molecule has 214 valence electrons. The molecule has 0 aromatic heterocycles. The zero-order valence-corrected chi connectivity index (χ0v) is 24.2. The molecular formula is C36H35NO5. The van der Waals surface area contributed by atoms with Gasteiger partial charge < -0.3 is 19.1 Å². The molecule has 3 atom stereocenters. The number of amides is 1. The number of rotatable bonds is 8. The van der Waals surface area contributed by atoms with Crippen molar-refractivity contribution >= 4 is 17.6 Å². The second kappa shape index (κ2) is 11.7. The highest BCUT2D eigenvalue weighted by atomic mass is 16.5. The molecule has 2 unspecified atom stereocenters. The van der Waals surface area contributed by atoms with E-state index in [-0.39, 0.29) is 42.8 Å². The van der Waals surface area contributed by atoms with Gasteiger partial charge in [-0.15, -0.1) is 0 Å². The van der Waals surface area contributed by atoms with Crippen LogP contribution in [0.1, 0.15) is 63.4 Å². The van der Waals surface area contributed by atoms with Crippen LogP contribution in [0.2, 0.25) is 0 Å². The summed E-state index contributed by atoms with van der Waals surface area (Å²) in [7, 11) is 0. The smallest absolute Gasteiger partial charge is 0.306 e. The molecule has 0 saturated carbocycles. The van der Waals surface area contributed by atoms with Crippen LogP contribution >= 0.6 is 0 Å². The molecule has 4 aromatic carbocycles. The number of benzene rings is 4. The Kier molecular flexibility index (Phi) is 7.70. The van der Waals surface area contributed by atoms with E-state index in [4.69, 9.17) is 14.2 Å². The van der Waals surface area contributed by atoms with Crippen LogP contribution in [0.25, 0.3) is 0 Å². The van der Waals surface area contributed by atoms with Crippen molar-refractivity contribution in [2.24, 2.45) is 0 Å². The van der Waals surface area contributed by atoms with Crippen molar-refractivity contribution in [2.75, 3.05) is 18.1 Å². The van der Waals surface area contributed by atoms with Gasteiger partial charge in [0.05, 0.1) is 25.6 Å². The average Bonchev–Trinajstić information content (AvgIpc) is 3.54. The summed E-state index contributed by atoms with van der Waals surface area (Å²) in [5, 5.41) is 0. The molecule has 1 amide bonds. The molecule has 0 N–H and O–H groups in total. The Morgan fingerprint density at radius 3 is 2.45 bits per heavy atom. The second-order valence-corrected chi connectivity index (χ2v) is 11.2. The summed E-state index contributed by atoms with van der Waals surface area (Å²) < 4.78 is 17.7. The topological polar surface area (TPSA) is 65.1 Å². The Balaban J connectivity index is 1.14. The van der Waals surface area contributed by atoms with Crippen molar-refractivity contribution in [1.82, 2.24) is 0 Å². The summed E-state index contributed by atoms with van der Waals surface area (Å²) in [6.07, 6.45) is 0.202. The lowest BCUT2D eigenvalue weighted by molar-refractivity contribution is -0.145. The molecule has 0 radical (unpaired) electrons. The van der Waals surface area contributed by atoms with Gasteiger partial charge >= 0.3 is 5.97 Å². The fourth-order valence-corrected chi connectivity index (χ4v) is 6.13. The van der Waals surface area contributed by atoms with Crippen LogP contribution in [0.5, 0.6) is 11.5 Å². The van der Waals surface area contributed by atoms with E-state index in [1.807, 2.05) is 91.5 Å². The van der Waals surface area contributed by atoms with Gasteiger partial charge in [-0.25, -0.2) is 0 Å². The van der Waals surface area contributed by atoms with Crippen molar-refractivity contribution in [3.63, 3.8) is 0 Å². The quantitative estimate of drug-likeness (QED) is 0.214. The van der Waals surface area contributed by atoms with Crippen LogP contribution < -0.4 is 14.4 Å². The highest BCUT2D eigenvalue weighted by Gasteiger charge is 2.40. The van der Waals surface area contributed by atoms with Crippen molar-refractivity contribution in [3.8, 4) is 11.5 Å².